The molecule has 2 heterocycles. The number of nitrogens with zero attached hydrogens (tertiary/aromatic N) is 1. The summed E-state index contributed by atoms with van der Waals surface area (Å²) in [6.07, 6.45) is 0.0636. The first kappa shape index (κ1) is 18.8. The predicted molar refractivity (Wildman–Crippen MR) is 109 cm³/mol. The molecular formula is C23H28N2O3. The largest absolute Gasteiger partial charge is 0.482 e. The first-order chi connectivity index (χ1) is 13.4. The topological polar surface area (TPSA) is 50.8 Å². The highest BCUT2D eigenvalue weighted by Crippen LogP contribution is 2.33. The highest BCUT2D eigenvalue weighted by Gasteiger charge is 2.36. The Hall–Kier alpha value is -2.53. The minimum absolute atomic E-state index is 0.132. The van der Waals surface area contributed by atoms with Crippen molar-refractivity contribution in [1.29, 1.82) is 0 Å². The molecule has 1 N–H and O–H groups in total. The van der Waals surface area contributed by atoms with E-state index in [1.807, 2.05) is 31.2 Å². The van der Waals surface area contributed by atoms with Gasteiger partial charge >= 0.3 is 0 Å². The molecule has 2 unspecified atom stereocenters. The maximum absolute atomic E-state index is 12.8. The van der Waals surface area contributed by atoms with Gasteiger partial charge in [-0.05, 0) is 50.5 Å². The third-order valence-electron chi connectivity index (χ3n) is 5.78. The van der Waals surface area contributed by atoms with E-state index in [0.717, 1.165) is 19.5 Å². The summed E-state index contributed by atoms with van der Waals surface area (Å²) < 4.78 is 11.8. The molecule has 2 aliphatic heterocycles. The van der Waals surface area contributed by atoms with Crippen LogP contribution in [0.5, 0.6) is 11.5 Å². The SMILES string of the molecule is CC1Oc2ccccc2OC1C(=O)NCC(C)(C)N1CCc2ccccc2C1. The van der Waals surface area contributed by atoms with Gasteiger partial charge in [-0.15, -0.1) is 0 Å². The number of amides is 1. The summed E-state index contributed by atoms with van der Waals surface area (Å²) in [6.45, 7) is 8.68. The van der Waals surface area contributed by atoms with Crippen molar-refractivity contribution < 1.29 is 14.3 Å². The lowest BCUT2D eigenvalue weighted by atomic mass is 9.94. The molecule has 0 spiro atoms. The molecule has 0 bridgehead atoms. The van der Waals surface area contributed by atoms with Gasteiger partial charge in [-0.1, -0.05) is 36.4 Å². The van der Waals surface area contributed by atoms with E-state index in [9.17, 15) is 4.79 Å². The molecule has 2 aromatic carbocycles. The van der Waals surface area contributed by atoms with Crippen molar-refractivity contribution in [1.82, 2.24) is 10.2 Å². The van der Waals surface area contributed by atoms with Crippen LogP contribution >= 0.6 is 0 Å². The summed E-state index contributed by atoms with van der Waals surface area (Å²) in [6, 6.07) is 16.1. The van der Waals surface area contributed by atoms with Crippen LogP contribution in [0.1, 0.15) is 31.9 Å². The molecule has 0 aliphatic carbocycles. The zero-order chi connectivity index (χ0) is 19.7. The summed E-state index contributed by atoms with van der Waals surface area (Å²) >= 11 is 0. The standard InChI is InChI=1S/C23H28N2O3/c1-16-21(28-20-11-7-6-10-19(20)27-16)22(26)24-15-23(2,3)25-13-12-17-8-4-5-9-18(17)14-25/h4-11,16,21H,12-15H2,1-3H3,(H,24,26). The van der Waals surface area contributed by atoms with Crippen LogP contribution in [0.25, 0.3) is 0 Å². The fourth-order valence-electron chi connectivity index (χ4n) is 3.93. The van der Waals surface area contributed by atoms with Crippen molar-refractivity contribution in [2.45, 2.75) is 51.5 Å². The van der Waals surface area contributed by atoms with E-state index in [0.29, 0.717) is 18.0 Å². The molecule has 4 rings (SSSR count). The Morgan fingerprint density at radius 2 is 1.71 bits per heavy atom. The van der Waals surface area contributed by atoms with Crippen molar-refractivity contribution in [2.24, 2.45) is 0 Å². The smallest absolute Gasteiger partial charge is 0.265 e. The van der Waals surface area contributed by atoms with Crippen molar-refractivity contribution in [3.8, 4) is 11.5 Å². The minimum Gasteiger partial charge on any atom is -0.482 e. The number of nitrogens with one attached hydrogen (secondary N) is 1. The Labute approximate surface area is 166 Å². The van der Waals surface area contributed by atoms with Crippen LogP contribution in [0.3, 0.4) is 0 Å². The summed E-state index contributed by atoms with van der Waals surface area (Å²) in [4.78, 5) is 15.2. The van der Waals surface area contributed by atoms with Gasteiger partial charge in [-0.25, -0.2) is 0 Å². The number of hydrogen-bond donors (Lipinski definition) is 1. The Bertz CT molecular complexity index is 864. The van der Waals surface area contributed by atoms with Crippen LogP contribution in [0, 0.1) is 0 Å². The van der Waals surface area contributed by atoms with E-state index in [4.69, 9.17) is 9.47 Å². The molecule has 0 fully saturated rings. The average molecular weight is 380 g/mol. The van der Waals surface area contributed by atoms with Gasteiger partial charge in [0.2, 0.25) is 6.10 Å². The van der Waals surface area contributed by atoms with Crippen molar-refractivity contribution in [3.05, 3.63) is 59.7 Å². The number of carbonyl (C=O) groups is 1. The quantitative estimate of drug-likeness (QED) is 0.885. The zero-order valence-electron chi connectivity index (χ0n) is 16.8. The van der Waals surface area contributed by atoms with Crippen LogP contribution in [0.15, 0.2) is 48.5 Å². The van der Waals surface area contributed by atoms with E-state index in [1.165, 1.54) is 11.1 Å². The second-order valence-corrected chi connectivity index (χ2v) is 8.28. The third kappa shape index (κ3) is 3.72. The van der Waals surface area contributed by atoms with Crippen LogP contribution in [0.4, 0.5) is 0 Å². The van der Waals surface area contributed by atoms with Gasteiger partial charge in [0.05, 0.1) is 0 Å². The third-order valence-corrected chi connectivity index (χ3v) is 5.78. The highest BCUT2D eigenvalue weighted by atomic mass is 16.6. The molecule has 148 valence electrons. The molecule has 0 aromatic heterocycles. The van der Waals surface area contributed by atoms with Gasteiger partial charge in [0.25, 0.3) is 5.91 Å². The summed E-state index contributed by atoms with van der Waals surface area (Å²) in [5.74, 6) is 1.17. The number of rotatable bonds is 4. The molecular weight excluding hydrogens is 352 g/mol. The fourth-order valence-corrected chi connectivity index (χ4v) is 3.93. The lowest BCUT2D eigenvalue weighted by Crippen LogP contribution is -2.56. The molecule has 2 aromatic rings. The Morgan fingerprint density at radius 1 is 1.07 bits per heavy atom. The molecule has 0 saturated carbocycles. The van der Waals surface area contributed by atoms with Crippen LogP contribution < -0.4 is 14.8 Å². The maximum atomic E-state index is 12.8. The normalized spacial score (nSPS) is 21.7. The molecule has 5 heteroatoms. The second-order valence-electron chi connectivity index (χ2n) is 8.28. The number of fused-ring (bicyclic) bond motifs is 2. The Balaban J connectivity index is 1.38. The number of carbonyl (C=O) groups excluding carboxylic acids is 1. The van der Waals surface area contributed by atoms with E-state index in [1.54, 1.807) is 0 Å². The summed E-state index contributed by atoms with van der Waals surface area (Å²) in [7, 11) is 0. The second kappa shape index (κ2) is 7.47. The lowest BCUT2D eigenvalue weighted by Gasteiger charge is -2.42. The Morgan fingerprint density at radius 3 is 2.46 bits per heavy atom. The molecule has 2 atom stereocenters. The molecule has 0 saturated heterocycles. The molecule has 1 amide bonds. The molecule has 5 nitrogen and oxygen atoms in total. The predicted octanol–water partition coefficient (Wildman–Crippen LogP) is 3.17. The van der Waals surface area contributed by atoms with Gasteiger partial charge < -0.3 is 14.8 Å². The fraction of sp³-hybridized carbons (Fsp3) is 0.435. The Kier molecular flexibility index (Phi) is 5.02. The van der Waals surface area contributed by atoms with E-state index < -0.39 is 6.10 Å². The molecule has 28 heavy (non-hydrogen) atoms. The first-order valence-electron chi connectivity index (χ1n) is 9.96. The number of para-hydroxylation sites is 2. The van der Waals surface area contributed by atoms with Gasteiger partial charge in [0.1, 0.15) is 6.10 Å². The maximum Gasteiger partial charge on any atom is 0.265 e. The first-order valence-corrected chi connectivity index (χ1v) is 9.96. The van der Waals surface area contributed by atoms with Crippen molar-refractivity contribution in [3.63, 3.8) is 0 Å². The van der Waals surface area contributed by atoms with E-state index in [-0.39, 0.29) is 17.6 Å². The zero-order valence-corrected chi connectivity index (χ0v) is 16.8. The van der Waals surface area contributed by atoms with Crippen LogP contribution in [-0.2, 0) is 17.8 Å². The number of benzene rings is 2. The van der Waals surface area contributed by atoms with Crippen LogP contribution in [0.2, 0.25) is 0 Å². The van der Waals surface area contributed by atoms with Gasteiger partial charge in [0.15, 0.2) is 11.5 Å². The lowest BCUT2D eigenvalue weighted by molar-refractivity contribution is -0.134. The highest BCUT2D eigenvalue weighted by molar-refractivity contribution is 5.82. The number of hydrogen-bond acceptors (Lipinski definition) is 4. The van der Waals surface area contributed by atoms with Gasteiger partial charge in [0, 0.05) is 25.2 Å². The van der Waals surface area contributed by atoms with Crippen LogP contribution in [-0.4, -0.2) is 41.6 Å². The summed E-state index contributed by atoms with van der Waals surface area (Å²) in [5, 5.41) is 3.09. The van der Waals surface area contributed by atoms with E-state index in [2.05, 4.69) is 48.3 Å². The molecule has 2 aliphatic rings. The minimum atomic E-state index is -0.646. The van der Waals surface area contributed by atoms with Crippen molar-refractivity contribution in [2.75, 3.05) is 13.1 Å². The monoisotopic (exact) mass is 380 g/mol. The summed E-state index contributed by atoms with van der Waals surface area (Å²) in [5.41, 5.74) is 2.65. The molecule has 0 radical (unpaired) electrons. The number of ether oxygens (including phenoxy) is 2. The van der Waals surface area contributed by atoms with Crippen molar-refractivity contribution >= 4 is 5.91 Å². The van der Waals surface area contributed by atoms with Gasteiger partial charge in [-0.3, -0.25) is 9.69 Å². The van der Waals surface area contributed by atoms with Gasteiger partial charge in [-0.2, -0.15) is 0 Å². The van der Waals surface area contributed by atoms with E-state index >= 15 is 0 Å². The average Bonchev–Trinajstić information content (AvgIpc) is 2.71.